The van der Waals surface area contributed by atoms with Crippen molar-refractivity contribution >= 4 is 31.7 Å². The monoisotopic (exact) mass is 439 g/mol. The molecule has 2 atom stereocenters. The summed E-state index contributed by atoms with van der Waals surface area (Å²) in [5.41, 5.74) is 0.0959. The van der Waals surface area contributed by atoms with Gasteiger partial charge in [-0.1, -0.05) is 20.8 Å². The van der Waals surface area contributed by atoms with Gasteiger partial charge in [-0.2, -0.15) is 0 Å². The highest BCUT2D eigenvalue weighted by molar-refractivity contribution is 8.00. The molecule has 29 heavy (non-hydrogen) atoms. The number of aromatic nitrogens is 3. The lowest BCUT2D eigenvalue weighted by atomic mass is 10.2. The molecule has 1 saturated heterocycles. The summed E-state index contributed by atoms with van der Waals surface area (Å²) in [4.78, 5) is 28.9. The molecule has 0 radical (unpaired) electrons. The van der Waals surface area contributed by atoms with Gasteiger partial charge in [-0.15, -0.1) is 11.8 Å². The molecule has 0 N–H and O–H groups in total. The summed E-state index contributed by atoms with van der Waals surface area (Å²) in [6.45, 7) is 13.5. The predicted octanol–water partition coefficient (Wildman–Crippen LogP) is 3.28. The quantitative estimate of drug-likeness (QED) is 0.504. The van der Waals surface area contributed by atoms with Crippen molar-refractivity contribution in [1.82, 2.24) is 14.0 Å². The molecule has 3 rings (SSSR count). The third-order valence-electron chi connectivity index (χ3n) is 5.46. The number of hydrogen-bond acceptors (Lipinski definition) is 7. The van der Waals surface area contributed by atoms with Gasteiger partial charge in [-0.3, -0.25) is 8.97 Å². The largest absolute Gasteiger partial charge is 0.461 e. The van der Waals surface area contributed by atoms with Crippen LogP contribution >= 0.6 is 11.8 Å². The van der Waals surface area contributed by atoms with Gasteiger partial charge in [0.1, 0.15) is 17.3 Å². The van der Waals surface area contributed by atoms with E-state index in [2.05, 4.69) is 38.8 Å². The Hall–Kier alpha value is -1.62. The lowest BCUT2D eigenvalue weighted by molar-refractivity contribution is -0.00429. The van der Waals surface area contributed by atoms with Gasteiger partial charge in [0.25, 0.3) is 0 Å². The second-order valence-corrected chi connectivity index (χ2v) is 14.5. The van der Waals surface area contributed by atoms with Gasteiger partial charge in [0, 0.05) is 18.1 Å². The molecule has 160 valence electrons. The Kier molecular flexibility index (Phi) is 6.28. The zero-order valence-corrected chi connectivity index (χ0v) is 19.6. The van der Waals surface area contributed by atoms with E-state index in [4.69, 9.17) is 13.9 Å². The van der Waals surface area contributed by atoms with Crippen LogP contribution in [0.1, 0.15) is 44.4 Å². The number of carbonyl (C=O) groups excluding carboxylic acids is 1. The van der Waals surface area contributed by atoms with Crippen LogP contribution < -0.4 is 5.69 Å². The summed E-state index contributed by atoms with van der Waals surface area (Å²) in [5.74, 6) is 0.105. The van der Waals surface area contributed by atoms with E-state index in [9.17, 15) is 9.59 Å². The highest BCUT2D eigenvalue weighted by Crippen LogP contribution is 2.38. The first-order valence-corrected chi connectivity index (χ1v) is 13.7. The Bertz CT molecular complexity index is 949. The average Bonchev–Trinajstić information content (AvgIpc) is 3.27. The van der Waals surface area contributed by atoms with Gasteiger partial charge in [0.15, 0.2) is 14.0 Å². The SMILES string of the molecule is CCOC(=O)c1cn2c(=O)n(C3CSC(CO[Si](C)(C)C(C)(C)C)O3)ccc2n1. The number of ether oxygens (including phenoxy) is 2. The molecule has 10 heteroatoms. The highest BCUT2D eigenvalue weighted by atomic mass is 32.2. The number of nitrogens with zero attached hydrogens (tertiary/aromatic N) is 3. The second-order valence-electron chi connectivity index (χ2n) is 8.51. The van der Waals surface area contributed by atoms with Crippen molar-refractivity contribution in [2.75, 3.05) is 19.0 Å². The van der Waals surface area contributed by atoms with Crippen LogP contribution in [0.4, 0.5) is 0 Å². The smallest absolute Gasteiger partial charge is 0.358 e. The van der Waals surface area contributed by atoms with Gasteiger partial charge in [0.2, 0.25) is 0 Å². The Balaban J connectivity index is 1.72. The van der Waals surface area contributed by atoms with Gasteiger partial charge in [-0.05, 0) is 31.1 Å². The fourth-order valence-electron chi connectivity index (χ4n) is 2.69. The fourth-order valence-corrected chi connectivity index (χ4v) is 4.80. The molecule has 0 spiro atoms. The number of thioether (sulfide) groups is 1. The summed E-state index contributed by atoms with van der Waals surface area (Å²) in [5, 5.41) is 0.135. The standard InChI is InChI=1S/C19H29N3O5SSi/c1-7-25-17(23)13-10-22-14(20-13)8-9-21(18(22)24)15-12-28-16(27-15)11-26-29(5,6)19(2,3)4/h8-10,15-16H,7,11-12H2,1-6H3. The molecular formula is C19H29N3O5SSi. The van der Waals surface area contributed by atoms with Crippen LogP contribution in [0.3, 0.4) is 0 Å². The van der Waals surface area contributed by atoms with Crippen LogP contribution in [0.5, 0.6) is 0 Å². The first kappa shape index (κ1) is 22.1. The van der Waals surface area contributed by atoms with Crippen LogP contribution in [0.15, 0.2) is 23.3 Å². The third-order valence-corrected chi connectivity index (χ3v) is 11.1. The van der Waals surface area contributed by atoms with Crippen molar-refractivity contribution in [1.29, 1.82) is 0 Å². The summed E-state index contributed by atoms with van der Waals surface area (Å²) in [7, 11) is -1.85. The zero-order chi connectivity index (χ0) is 21.4. The van der Waals surface area contributed by atoms with Crippen molar-refractivity contribution in [3.8, 4) is 0 Å². The van der Waals surface area contributed by atoms with E-state index in [0.29, 0.717) is 18.0 Å². The number of carbonyl (C=O) groups is 1. The van der Waals surface area contributed by atoms with Crippen LogP contribution in [-0.4, -0.2) is 52.6 Å². The van der Waals surface area contributed by atoms with E-state index in [0.717, 1.165) is 0 Å². The molecule has 0 aliphatic carbocycles. The Labute approximate surface area is 175 Å². The summed E-state index contributed by atoms with van der Waals surface area (Å²) >= 11 is 1.64. The van der Waals surface area contributed by atoms with Crippen molar-refractivity contribution < 1.29 is 18.7 Å². The van der Waals surface area contributed by atoms with Crippen LogP contribution in [0.2, 0.25) is 18.1 Å². The molecular weight excluding hydrogens is 410 g/mol. The number of fused-ring (bicyclic) bond motifs is 1. The number of imidazole rings is 1. The number of esters is 1. The summed E-state index contributed by atoms with van der Waals surface area (Å²) in [6.07, 6.45) is 2.67. The fraction of sp³-hybridized carbons (Fsp3) is 0.632. The van der Waals surface area contributed by atoms with E-state index >= 15 is 0 Å². The van der Waals surface area contributed by atoms with Crippen molar-refractivity contribution in [3.05, 3.63) is 34.6 Å². The maximum atomic E-state index is 12.9. The predicted molar refractivity (Wildman–Crippen MR) is 115 cm³/mol. The first-order valence-electron chi connectivity index (χ1n) is 9.72. The minimum atomic E-state index is -1.85. The topological polar surface area (TPSA) is 84.1 Å². The van der Waals surface area contributed by atoms with Gasteiger partial charge < -0.3 is 13.9 Å². The number of hydrogen-bond donors (Lipinski definition) is 0. The van der Waals surface area contributed by atoms with Crippen molar-refractivity contribution in [2.24, 2.45) is 0 Å². The van der Waals surface area contributed by atoms with Crippen LogP contribution in [-0.2, 0) is 13.9 Å². The molecule has 1 fully saturated rings. The molecule has 0 aromatic carbocycles. The van der Waals surface area contributed by atoms with E-state index in [1.165, 1.54) is 15.2 Å². The van der Waals surface area contributed by atoms with E-state index in [1.807, 2.05) is 0 Å². The molecule has 0 bridgehead atoms. The molecule has 1 aliphatic heterocycles. The van der Waals surface area contributed by atoms with E-state index in [1.54, 1.807) is 30.9 Å². The van der Waals surface area contributed by atoms with E-state index in [-0.39, 0.29) is 28.5 Å². The maximum absolute atomic E-state index is 12.9. The Morgan fingerprint density at radius 3 is 2.79 bits per heavy atom. The van der Waals surface area contributed by atoms with Crippen LogP contribution in [0.25, 0.3) is 5.65 Å². The van der Waals surface area contributed by atoms with Crippen LogP contribution in [0, 0.1) is 0 Å². The van der Waals surface area contributed by atoms with E-state index < -0.39 is 20.5 Å². The number of rotatable bonds is 6. The van der Waals surface area contributed by atoms with Crippen molar-refractivity contribution in [3.63, 3.8) is 0 Å². The molecule has 2 aromatic heterocycles. The minimum Gasteiger partial charge on any atom is -0.461 e. The Morgan fingerprint density at radius 1 is 1.41 bits per heavy atom. The molecule has 1 aliphatic rings. The lowest BCUT2D eigenvalue weighted by Crippen LogP contribution is -2.42. The lowest BCUT2D eigenvalue weighted by Gasteiger charge is -2.36. The first-order chi connectivity index (χ1) is 13.5. The maximum Gasteiger partial charge on any atom is 0.358 e. The Morgan fingerprint density at radius 2 is 2.14 bits per heavy atom. The third kappa shape index (κ3) is 4.60. The summed E-state index contributed by atoms with van der Waals surface area (Å²) < 4.78 is 20.2. The average molecular weight is 440 g/mol. The second kappa shape index (κ2) is 8.25. The molecule has 2 unspecified atom stereocenters. The molecule has 0 amide bonds. The van der Waals surface area contributed by atoms with Gasteiger partial charge in [-0.25, -0.2) is 14.6 Å². The zero-order valence-electron chi connectivity index (χ0n) is 17.8. The summed E-state index contributed by atoms with van der Waals surface area (Å²) in [6, 6.07) is 1.69. The molecule has 3 heterocycles. The molecule has 0 saturated carbocycles. The molecule has 2 aromatic rings. The normalized spacial score (nSPS) is 20.3. The van der Waals surface area contributed by atoms with Gasteiger partial charge in [0.05, 0.1) is 13.2 Å². The minimum absolute atomic E-state index is 0.115. The highest BCUT2D eigenvalue weighted by Gasteiger charge is 2.39. The molecule has 8 nitrogen and oxygen atoms in total. The van der Waals surface area contributed by atoms with Gasteiger partial charge >= 0.3 is 11.7 Å². The van der Waals surface area contributed by atoms with Crippen molar-refractivity contribution in [2.45, 2.75) is 57.5 Å².